The van der Waals surface area contributed by atoms with E-state index in [2.05, 4.69) is 14.9 Å². The van der Waals surface area contributed by atoms with Crippen molar-refractivity contribution in [2.75, 3.05) is 29.4 Å². The van der Waals surface area contributed by atoms with E-state index in [0.29, 0.717) is 6.42 Å². The zero-order valence-electron chi connectivity index (χ0n) is 11.6. The molecule has 1 amide bonds. The van der Waals surface area contributed by atoms with Gasteiger partial charge in [-0.05, 0) is 17.9 Å². The van der Waals surface area contributed by atoms with Crippen molar-refractivity contribution in [3.63, 3.8) is 0 Å². The smallest absolute Gasteiger partial charge is 0.227 e. The maximum Gasteiger partial charge on any atom is 0.227 e. The van der Waals surface area contributed by atoms with Crippen LogP contribution in [0.1, 0.15) is 12.8 Å². The van der Waals surface area contributed by atoms with Crippen LogP contribution in [0.15, 0.2) is 35.4 Å². The van der Waals surface area contributed by atoms with Crippen LogP contribution in [0.4, 0.5) is 11.5 Å². The van der Waals surface area contributed by atoms with Gasteiger partial charge in [0.25, 0.3) is 0 Å². The van der Waals surface area contributed by atoms with Crippen LogP contribution in [-0.2, 0) is 4.79 Å². The number of rotatable bonds is 2. The molecule has 108 valence electrons. The predicted octanol–water partition coefficient (Wildman–Crippen LogP) is 2.17. The summed E-state index contributed by atoms with van der Waals surface area (Å²) in [4.78, 5) is 25.1. The lowest BCUT2D eigenvalue weighted by molar-refractivity contribution is -0.117. The number of hydrogen-bond donors (Lipinski definition) is 0. The van der Waals surface area contributed by atoms with E-state index in [9.17, 15) is 4.79 Å². The summed E-state index contributed by atoms with van der Waals surface area (Å²) < 4.78 is 0. The molecule has 0 N–H and O–H groups in total. The lowest BCUT2D eigenvalue weighted by Crippen LogP contribution is -2.31. The molecule has 2 aliphatic heterocycles. The zero-order chi connectivity index (χ0) is 14.3. The molecule has 21 heavy (non-hydrogen) atoms. The van der Waals surface area contributed by atoms with Gasteiger partial charge in [-0.1, -0.05) is 0 Å². The number of aromatic nitrogens is 2. The monoisotopic (exact) mass is 300 g/mol. The third-order valence-electron chi connectivity index (χ3n) is 4.45. The molecule has 2 aliphatic rings. The van der Waals surface area contributed by atoms with Crippen LogP contribution < -0.4 is 9.80 Å². The minimum Gasteiger partial charge on any atom is -0.355 e. The summed E-state index contributed by atoms with van der Waals surface area (Å²) in [5.74, 6) is 1.16. The molecule has 4 heterocycles. The summed E-state index contributed by atoms with van der Waals surface area (Å²) in [6, 6.07) is 2.02. The Morgan fingerprint density at radius 3 is 3.00 bits per heavy atom. The fourth-order valence-corrected chi connectivity index (χ4v) is 4.04. The predicted molar refractivity (Wildman–Crippen MR) is 82.6 cm³/mol. The minimum atomic E-state index is 0.0660. The van der Waals surface area contributed by atoms with Crippen molar-refractivity contribution < 1.29 is 4.79 Å². The Balaban J connectivity index is 1.54. The van der Waals surface area contributed by atoms with Gasteiger partial charge in [0.05, 0.1) is 11.9 Å². The van der Waals surface area contributed by atoms with Crippen molar-refractivity contribution in [3.8, 4) is 0 Å². The van der Waals surface area contributed by atoms with Gasteiger partial charge in [-0.25, -0.2) is 4.98 Å². The Labute approximate surface area is 127 Å². The second-order valence-electron chi connectivity index (χ2n) is 5.87. The molecular formula is C15H16N4OS. The van der Waals surface area contributed by atoms with Crippen LogP contribution >= 0.6 is 11.3 Å². The third-order valence-corrected chi connectivity index (χ3v) is 5.12. The molecule has 1 atom stereocenters. The second-order valence-corrected chi connectivity index (χ2v) is 6.65. The van der Waals surface area contributed by atoms with Gasteiger partial charge in [0.2, 0.25) is 5.91 Å². The van der Waals surface area contributed by atoms with Gasteiger partial charge in [-0.3, -0.25) is 9.78 Å². The molecule has 2 aromatic rings. The molecule has 0 aromatic carbocycles. The van der Waals surface area contributed by atoms with Gasteiger partial charge in [0.15, 0.2) is 0 Å². The van der Waals surface area contributed by atoms with E-state index in [1.54, 1.807) is 29.9 Å². The molecule has 2 saturated heterocycles. The van der Waals surface area contributed by atoms with Crippen LogP contribution in [0.25, 0.3) is 0 Å². The first-order valence-corrected chi connectivity index (χ1v) is 8.04. The molecule has 4 rings (SSSR count). The Morgan fingerprint density at radius 1 is 1.29 bits per heavy atom. The van der Waals surface area contributed by atoms with Crippen molar-refractivity contribution in [3.05, 3.63) is 35.4 Å². The van der Waals surface area contributed by atoms with E-state index in [4.69, 9.17) is 0 Å². The lowest BCUT2D eigenvalue weighted by Gasteiger charge is -2.24. The first-order valence-electron chi connectivity index (χ1n) is 7.09. The van der Waals surface area contributed by atoms with Gasteiger partial charge in [0, 0.05) is 49.2 Å². The van der Waals surface area contributed by atoms with E-state index >= 15 is 0 Å². The molecule has 2 aromatic heterocycles. The molecule has 0 radical (unpaired) electrons. The number of anilines is 2. The fourth-order valence-electron chi connectivity index (χ4n) is 3.40. The van der Waals surface area contributed by atoms with Gasteiger partial charge in [-0.15, -0.1) is 0 Å². The molecule has 0 saturated carbocycles. The number of carbonyl (C=O) groups excluding carboxylic acids is 1. The number of amides is 1. The van der Waals surface area contributed by atoms with Crippen molar-refractivity contribution in [1.29, 1.82) is 0 Å². The Kier molecular flexibility index (Phi) is 2.92. The maximum atomic E-state index is 12.4. The van der Waals surface area contributed by atoms with Crippen molar-refractivity contribution in [2.45, 2.75) is 12.8 Å². The highest BCUT2D eigenvalue weighted by atomic mass is 32.1. The van der Waals surface area contributed by atoms with E-state index in [-0.39, 0.29) is 11.3 Å². The van der Waals surface area contributed by atoms with Crippen LogP contribution in [0.3, 0.4) is 0 Å². The summed E-state index contributed by atoms with van der Waals surface area (Å²) in [5.41, 5.74) is 1.11. The van der Waals surface area contributed by atoms with Crippen molar-refractivity contribution in [1.82, 2.24) is 9.97 Å². The number of nitrogens with zero attached hydrogens (tertiary/aromatic N) is 4. The Hall–Kier alpha value is -1.95. The minimum absolute atomic E-state index is 0.0660. The van der Waals surface area contributed by atoms with Gasteiger partial charge in [-0.2, -0.15) is 11.3 Å². The van der Waals surface area contributed by atoms with Gasteiger partial charge in [0.1, 0.15) is 5.82 Å². The van der Waals surface area contributed by atoms with Crippen LogP contribution in [0.2, 0.25) is 0 Å². The highest BCUT2D eigenvalue weighted by Gasteiger charge is 2.48. The average Bonchev–Trinajstić information content (AvgIpc) is 3.21. The summed E-state index contributed by atoms with van der Waals surface area (Å²) in [6.07, 6.45) is 6.88. The molecule has 0 bridgehead atoms. The first-order chi connectivity index (χ1) is 10.3. The summed E-state index contributed by atoms with van der Waals surface area (Å²) in [7, 11) is 0. The normalized spacial score (nSPS) is 25.2. The average molecular weight is 300 g/mol. The largest absolute Gasteiger partial charge is 0.355 e. The topological polar surface area (TPSA) is 49.3 Å². The van der Waals surface area contributed by atoms with Gasteiger partial charge >= 0.3 is 0 Å². The third kappa shape index (κ3) is 2.19. The maximum absolute atomic E-state index is 12.4. The van der Waals surface area contributed by atoms with Crippen molar-refractivity contribution >= 4 is 28.7 Å². The summed E-state index contributed by atoms with van der Waals surface area (Å²) in [6.45, 7) is 2.65. The highest BCUT2D eigenvalue weighted by Crippen LogP contribution is 2.42. The molecule has 1 unspecified atom stereocenters. The van der Waals surface area contributed by atoms with Crippen molar-refractivity contribution in [2.24, 2.45) is 5.41 Å². The highest BCUT2D eigenvalue weighted by molar-refractivity contribution is 7.08. The Morgan fingerprint density at radius 2 is 2.24 bits per heavy atom. The standard InChI is InChI=1S/C15H16N4OS/c20-14-7-15(11-19(14)12-1-6-21-9-12)2-5-18(10-15)13-8-16-3-4-17-13/h1,3-4,6,8-9H,2,5,7,10-11H2. The van der Waals surface area contributed by atoms with Crippen LogP contribution in [-0.4, -0.2) is 35.5 Å². The Bertz CT molecular complexity index is 645. The number of hydrogen-bond acceptors (Lipinski definition) is 5. The molecule has 5 nitrogen and oxygen atoms in total. The fraction of sp³-hybridized carbons (Fsp3) is 0.400. The van der Waals surface area contributed by atoms with E-state index < -0.39 is 0 Å². The summed E-state index contributed by atoms with van der Waals surface area (Å²) in [5, 5.41) is 4.07. The quantitative estimate of drug-likeness (QED) is 0.853. The summed E-state index contributed by atoms with van der Waals surface area (Å²) >= 11 is 1.63. The van der Waals surface area contributed by atoms with E-state index in [0.717, 1.165) is 37.6 Å². The SMILES string of the molecule is O=C1CC2(CCN(c3cnccn3)C2)CN1c1ccsc1. The van der Waals surface area contributed by atoms with E-state index in [1.807, 2.05) is 21.7 Å². The second kappa shape index (κ2) is 4.80. The van der Waals surface area contributed by atoms with Gasteiger partial charge < -0.3 is 9.80 Å². The molecule has 0 aliphatic carbocycles. The zero-order valence-corrected chi connectivity index (χ0v) is 12.4. The molecular weight excluding hydrogens is 284 g/mol. The van der Waals surface area contributed by atoms with E-state index in [1.165, 1.54) is 0 Å². The number of carbonyl (C=O) groups is 1. The first kappa shape index (κ1) is 12.8. The number of thiophene rings is 1. The molecule has 1 spiro atoms. The molecule has 6 heteroatoms. The van der Waals surface area contributed by atoms with Crippen LogP contribution in [0, 0.1) is 5.41 Å². The van der Waals surface area contributed by atoms with Crippen LogP contribution in [0.5, 0.6) is 0 Å². The lowest BCUT2D eigenvalue weighted by atomic mass is 9.86. The molecule has 2 fully saturated rings.